The Morgan fingerprint density at radius 1 is 0.609 bits per heavy atom. The minimum atomic E-state index is -1.03. The van der Waals surface area contributed by atoms with Crippen LogP contribution in [-0.4, -0.2) is 47.6 Å². The quantitative estimate of drug-likeness (QED) is 0.0351. The van der Waals surface area contributed by atoms with Gasteiger partial charge in [0.2, 0.25) is 0 Å². The van der Waals surface area contributed by atoms with Gasteiger partial charge in [-0.25, -0.2) is 0 Å². The van der Waals surface area contributed by atoms with Gasteiger partial charge in [0, 0.05) is 12.8 Å². The molecule has 0 aliphatic heterocycles. The summed E-state index contributed by atoms with van der Waals surface area (Å²) in [6.45, 7) is 6.32. The SMILES string of the molecule is CC/C=C\C/C=C\C/C=C\C/C=C\C=C/C(O)C/C=C\CCC(=O)OC[C@H](O)COC(=O)CCCCCCCCCCCC(C)C. The van der Waals surface area contributed by atoms with Gasteiger partial charge < -0.3 is 19.7 Å². The van der Waals surface area contributed by atoms with E-state index in [-0.39, 0.29) is 25.6 Å². The summed E-state index contributed by atoms with van der Waals surface area (Å²) in [4.78, 5) is 23.8. The average Bonchev–Trinajstić information content (AvgIpc) is 3.03. The molecular formula is C40H66O6. The van der Waals surface area contributed by atoms with Crippen LogP contribution in [0.5, 0.6) is 0 Å². The monoisotopic (exact) mass is 642 g/mol. The van der Waals surface area contributed by atoms with Gasteiger partial charge in [-0.05, 0) is 50.9 Å². The molecule has 0 aliphatic carbocycles. The largest absolute Gasteiger partial charge is 0.463 e. The third kappa shape index (κ3) is 34.2. The van der Waals surface area contributed by atoms with Crippen LogP contribution in [0.15, 0.2) is 72.9 Å². The van der Waals surface area contributed by atoms with Gasteiger partial charge in [-0.1, -0.05) is 151 Å². The number of aliphatic hydroxyl groups excluding tert-OH is 2. The molecule has 46 heavy (non-hydrogen) atoms. The van der Waals surface area contributed by atoms with Gasteiger partial charge >= 0.3 is 11.9 Å². The van der Waals surface area contributed by atoms with Crippen molar-refractivity contribution < 1.29 is 29.3 Å². The molecule has 0 fully saturated rings. The van der Waals surface area contributed by atoms with E-state index in [2.05, 4.69) is 57.2 Å². The molecular weight excluding hydrogens is 576 g/mol. The summed E-state index contributed by atoms with van der Waals surface area (Å²) in [5.74, 6) is 0.0575. The Balaban J connectivity index is 3.73. The number of hydrogen-bond donors (Lipinski definition) is 2. The number of esters is 2. The lowest BCUT2D eigenvalue weighted by molar-refractivity contribution is -0.152. The zero-order valence-electron chi connectivity index (χ0n) is 29.3. The lowest BCUT2D eigenvalue weighted by atomic mass is 10.0. The molecule has 2 N–H and O–H groups in total. The molecule has 262 valence electrons. The second-order valence-electron chi connectivity index (χ2n) is 12.3. The Morgan fingerprint density at radius 2 is 1.13 bits per heavy atom. The molecule has 6 heteroatoms. The highest BCUT2D eigenvalue weighted by Crippen LogP contribution is 2.13. The second-order valence-corrected chi connectivity index (χ2v) is 12.3. The lowest BCUT2D eigenvalue weighted by Gasteiger charge is -2.12. The molecule has 0 amide bonds. The third-order valence-electron chi connectivity index (χ3n) is 7.23. The summed E-state index contributed by atoms with van der Waals surface area (Å²) in [6, 6.07) is 0. The summed E-state index contributed by atoms with van der Waals surface area (Å²) in [6.07, 6.45) is 39.9. The first kappa shape index (κ1) is 43.3. The molecule has 0 aromatic heterocycles. The first-order valence-corrected chi connectivity index (χ1v) is 18.0. The van der Waals surface area contributed by atoms with E-state index < -0.39 is 18.2 Å². The fraction of sp³-hybridized carbons (Fsp3) is 0.650. The first-order valence-electron chi connectivity index (χ1n) is 18.0. The third-order valence-corrected chi connectivity index (χ3v) is 7.23. The number of hydrogen-bond acceptors (Lipinski definition) is 6. The number of unbranched alkanes of at least 4 members (excludes halogenated alkanes) is 8. The standard InChI is InChI=1S/C40H66O6/c1-4-5-6-7-8-9-10-11-12-15-18-21-25-30-37(41)31-26-23-28-33-40(44)46-35-38(42)34-45-39(43)32-27-22-19-16-13-14-17-20-24-29-36(2)3/h5-6,8-9,11-12,18,21,23,25-26,30,36-38,41-42H,4,7,10,13-17,19-20,22,24,27-29,31-35H2,1-3H3/b6-5-,9-8-,12-11-,21-18-,26-23-,30-25-/t37?,38-/m1/s1. The van der Waals surface area contributed by atoms with Crippen molar-refractivity contribution in [1.29, 1.82) is 0 Å². The smallest absolute Gasteiger partial charge is 0.306 e. The van der Waals surface area contributed by atoms with Gasteiger partial charge in [0.1, 0.15) is 19.3 Å². The fourth-order valence-electron chi connectivity index (χ4n) is 4.50. The highest BCUT2D eigenvalue weighted by atomic mass is 16.6. The minimum Gasteiger partial charge on any atom is -0.463 e. The molecule has 0 aromatic rings. The zero-order chi connectivity index (χ0) is 33.9. The number of aliphatic hydroxyl groups is 2. The van der Waals surface area contributed by atoms with E-state index in [1.807, 2.05) is 30.4 Å². The molecule has 2 atom stereocenters. The van der Waals surface area contributed by atoms with Gasteiger partial charge in [0.25, 0.3) is 0 Å². The van der Waals surface area contributed by atoms with Crippen molar-refractivity contribution in [2.45, 2.75) is 149 Å². The topological polar surface area (TPSA) is 93.1 Å². The van der Waals surface area contributed by atoms with Crippen molar-refractivity contribution in [3.8, 4) is 0 Å². The molecule has 0 bridgehead atoms. The fourth-order valence-corrected chi connectivity index (χ4v) is 4.50. The van der Waals surface area contributed by atoms with Crippen LogP contribution in [0.1, 0.15) is 136 Å². The Bertz CT molecular complexity index is 895. The Hall–Kier alpha value is -2.70. The number of carbonyl (C=O) groups excluding carboxylic acids is 2. The van der Waals surface area contributed by atoms with Crippen LogP contribution in [-0.2, 0) is 19.1 Å². The van der Waals surface area contributed by atoms with Crippen LogP contribution >= 0.6 is 0 Å². The molecule has 0 radical (unpaired) electrons. The maximum absolute atomic E-state index is 11.9. The summed E-state index contributed by atoms with van der Waals surface area (Å²) in [5.41, 5.74) is 0. The van der Waals surface area contributed by atoms with Gasteiger partial charge in [0.15, 0.2) is 0 Å². The van der Waals surface area contributed by atoms with E-state index in [4.69, 9.17) is 9.47 Å². The number of allylic oxidation sites excluding steroid dienone is 10. The number of rotatable bonds is 30. The van der Waals surface area contributed by atoms with E-state index in [0.717, 1.165) is 50.9 Å². The second kappa shape index (κ2) is 33.7. The maximum Gasteiger partial charge on any atom is 0.306 e. The van der Waals surface area contributed by atoms with E-state index >= 15 is 0 Å². The minimum absolute atomic E-state index is 0.171. The normalized spacial score (nSPS) is 13.9. The predicted molar refractivity (Wildman–Crippen MR) is 192 cm³/mol. The van der Waals surface area contributed by atoms with Crippen LogP contribution < -0.4 is 0 Å². The molecule has 0 heterocycles. The van der Waals surface area contributed by atoms with Crippen molar-refractivity contribution in [3.05, 3.63) is 72.9 Å². The van der Waals surface area contributed by atoms with Crippen molar-refractivity contribution in [2.75, 3.05) is 13.2 Å². The van der Waals surface area contributed by atoms with Crippen LogP contribution in [0, 0.1) is 5.92 Å². The average molecular weight is 643 g/mol. The summed E-state index contributed by atoms with van der Waals surface area (Å²) >= 11 is 0. The summed E-state index contributed by atoms with van der Waals surface area (Å²) < 4.78 is 10.2. The summed E-state index contributed by atoms with van der Waals surface area (Å²) in [5, 5.41) is 20.0. The van der Waals surface area contributed by atoms with Crippen molar-refractivity contribution in [2.24, 2.45) is 5.92 Å². The maximum atomic E-state index is 11.9. The van der Waals surface area contributed by atoms with Crippen LogP contribution in [0.4, 0.5) is 0 Å². The Morgan fingerprint density at radius 3 is 1.72 bits per heavy atom. The Labute approximate surface area is 281 Å². The first-order chi connectivity index (χ1) is 22.3. The molecule has 1 unspecified atom stereocenters. The number of carbonyl (C=O) groups is 2. The van der Waals surface area contributed by atoms with Crippen molar-refractivity contribution in [1.82, 2.24) is 0 Å². The zero-order valence-corrected chi connectivity index (χ0v) is 29.3. The van der Waals surface area contributed by atoms with Gasteiger partial charge in [-0.3, -0.25) is 9.59 Å². The molecule has 0 rings (SSSR count). The van der Waals surface area contributed by atoms with E-state index in [1.165, 1.54) is 44.9 Å². The van der Waals surface area contributed by atoms with Gasteiger partial charge in [-0.15, -0.1) is 0 Å². The van der Waals surface area contributed by atoms with E-state index in [0.29, 0.717) is 19.3 Å². The van der Waals surface area contributed by atoms with Crippen LogP contribution in [0.3, 0.4) is 0 Å². The lowest BCUT2D eigenvalue weighted by Crippen LogP contribution is -2.25. The van der Waals surface area contributed by atoms with E-state index in [9.17, 15) is 19.8 Å². The molecule has 0 aromatic carbocycles. The highest BCUT2D eigenvalue weighted by Gasteiger charge is 2.11. The predicted octanol–water partition coefficient (Wildman–Crippen LogP) is 9.83. The van der Waals surface area contributed by atoms with Crippen molar-refractivity contribution in [3.63, 3.8) is 0 Å². The Kier molecular flexibility index (Phi) is 31.7. The molecule has 0 saturated carbocycles. The molecule has 0 aliphatic rings. The van der Waals surface area contributed by atoms with E-state index in [1.54, 1.807) is 6.08 Å². The van der Waals surface area contributed by atoms with Gasteiger partial charge in [0.05, 0.1) is 6.10 Å². The molecule has 6 nitrogen and oxygen atoms in total. The van der Waals surface area contributed by atoms with Crippen molar-refractivity contribution >= 4 is 11.9 Å². The van der Waals surface area contributed by atoms with Crippen LogP contribution in [0.2, 0.25) is 0 Å². The number of ether oxygens (including phenoxy) is 2. The molecule has 0 saturated heterocycles. The van der Waals surface area contributed by atoms with Crippen LogP contribution in [0.25, 0.3) is 0 Å². The highest BCUT2D eigenvalue weighted by molar-refractivity contribution is 5.70. The molecule has 0 spiro atoms. The van der Waals surface area contributed by atoms with Gasteiger partial charge in [-0.2, -0.15) is 0 Å². The summed E-state index contributed by atoms with van der Waals surface area (Å²) in [7, 11) is 0.